The van der Waals surface area contributed by atoms with E-state index in [1.165, 1.54) is 24.3 Å². The van der Waals surface area contributed by atoms with E-state index in [0.29, 0.717) is 15.8 Å². The van der Waals surface area contributed by atoms with Gasteiger partial charge < -0.3 is 26.6 Å². The van der Waals surface area contributed by atoms with Gasteiger partial charge in [0.05, 0.1) is 39.0 Å². The molecule has 0 heterocycles. The van der Waals surface area contributed by atoms with Gasteiger partial charge in [-0.25, -0.2) is 9.59 Å². The van der Waals surface area contributed by atoms with Gasteiger partial charge in [-0.05, 0) is 48.5 Å². The van der Waals surface area contributed by atoms with Crippen LogP contribution in [-0.4, -0.2) is 32.1 Å². The number of anilines is 4. The number of hydrogen-bond acceptors (Lipinski definition) is 8. The summed E-state index contributed by atoms with van der Waals surface area (Å²) in [6.07, 6.45) is 0. The molecule has 0 aromatic heterocycles. The monoisotopic (exact) mass is 702 g/mol. The minimum Gasteiger partial charge on any atom is -0.506 e. The largest absolute Gasteiger partial charge is 0.506 e. The van der Waals surface area contributed by atoms with E-state index in [-0.39, 0.29) is 28.5 Å². The predicted molar refractivity (Wildman–Crippen MR) is 162 cm³/mol. The first-order valence-corrected chi connectivity index (χ1v) is 13.1. The molecular weight excluding hydrogens is 684 g/mol. The van der Waals surface area contributed by atoms with Crippen LogP contribution in [0.5, 0.6) is 11.5 Å². The van der Waals surface area contributed by atoms with E-state index < -0.39 is 27.7 Å². The number of rotatable bonds is 6. The summed E-state index contributed by atoms with van der Waals surface area (Å²) in [5.74, 6) is -0.795. The van der Waals surface area contributed by atoms with Crippen molar-refractivity contribution in [2.24, 2.45) is 5.73 Å². The van der Waals surface area contributed by atoms with E-state index in [0.717, 1.165) is 21.5 Å². The summed E-state index contributed by atoms with van der Waals surface area (Å²) in [7, 11) is 0. The highest BCUT2D eigenvalue weighted by Crippen LogP contribution is 2.36. The summed E-state index contributed by atoms with van der Waals surface area (Å²) < 4.78 is 1.52. The molecule has 4 aromatic rings. The summed E-state index contributed by atoms with van der Waals surface area (Å²) in [6, 6.07) is 19.1. The van der Waals surface area contributed by atoms with Crippen LogP contribution in [0.4, 0.5) is 43.7 Å². The van der Waals surface area contributed by atoms with Gasteiger partial charge in [0.2, 0.25) is 0 Å². The predicted octanol–water partition coefficient (Wildman–Crippen LogP) is 6.99. The molecule has 0 unspecified atom stereocenters. The topological polar surface area (TPSA) is 214 Å². The van der Waals surface area contributed by atoms with Gasteiger partial charge in [-0.3, -0.25) is 25.1 Å². The standard InChI is InChI=1S/2C13H10BrN3O4/c14-8-2-1-3-9(6-8)16(13(15)19)11-5-4-10(17(20)21)7-12(11)18;14-8-2-1-3-9(6-8)15-13(19)16-11-5-4-10(17(20)21)7-12(11)18/h1-7,18H,(H2,15,19);1-7,18H,(H2,15,16,19). The number of carbonyl (C=O) groups excluding carboxylic acids is 2. The second kappa shape index (κ2) is 13.9. The minimum absolute atomic E-state index is 0.0613. The number of nitrogens with one attached hydrogen (secondary N) is 2. The van der Waals surface area contributed by atoms with Gasteiger partial charge in [-0.15, -0.1) is 0 Å². The molecule has 16 heteroatoms. The van der Waals surface area contributed by atoms with Gasteiger partial charge in [-0.2, -0.15) is 0 Å². The Morgan fingerprint density at radius 2 is 1.33 bits per heavy atom. The van der Waals surface area contributed by atoms with E-state index in [2.05, 4.69) is 42.5 Å². The fourth-order valence-electron chi connectivity index (χ4n) is 3.40. The molecule has 0 atom stereocenters. The zero-order chi connectivity index (χ0) is 31.0. The van der Waals surface area contributed by atoms with E-state index in [9.17, 15) is 40.0 Å². The van der Waals surface area contributed by atoms with Crippen molar-refractivity contribution in [2.45, 2.75) is 0 Å². The Kier molecular flexibility index (Phi) is 10.4. The van der Waals surface area contributed by atoms with E-state index in [1.54, 1.807) is 42.5 Å². The summed E-state index contributed by atoms with van der Waals surface area (Å²) in [6.45, 7) is 0. The SMILES string of the molecule is NC(=O)N(c1cccc(Br)c1)c1ccc([N+](=O)[O-])cc1O.O=C(Nc1cccc(Br)c1)Nc1ccc([N+](=O)[O-])cc1O. The highest BCUT2D eigenvalue weighted by molar-refractivity contribution is 9.10. The molecule has 0 aliphatic heterocycles. The molecule has 0 spiro atoms. The maximum Gasteiger partial charge on any atom is 0.324 e. The number of amides is 4. The summed E-state index contributed by atoms with van der Waals surface area (Å²) in [4.78, 5) is 44.5. The normalized spacial score (nSPS) is 10.0. The fourth-order valence-corrected chi connectivity index (χ4v) is 4.19. The highest BCUT2D eigenvalue weighted by Gasteiger charge is 2.21. The van der Waals surface area contributed by atoms with Crippen LogP contribution in [0.15, 0.2) is 93.9 Å². The quantitative estimate of drug-likeness (QED) is 0.0799. The summed E-state index contributed by atoms with van der Waals surface area (Å²) in [5, 5.41) is 45.8. The second-order valence-corrected chi connectivity index (χ2v) is 9.96. The van der Waals surface area contributed by atoms with Crippen molar-refractivity contribution in [2.75, 3.05) is 15.5 Å². The molecule has 0 aliphatic rings. The van der Waals surface area contributed by atoms with Gasteiger partial charge >= 0.3 is 12.1 Å². The van der Waals surface area contributed by atoms with Gasteiger partial charge in [0.25, 0.3) is 11.4 Å². The zero-order valence-corrected chi connectivity index (χ0v) is 24.3. The molecule has 4 amide bonds. The molecule has 0 bridgehead atoms. The lowest BCUT2D eigenvalue weighted by Gasteiger charge is -2.21. The second-order valence-electron chi connectivity index (χ2n) is 8.13. The average Bonchev–Trinajstić information content (AvgIpc) is 2.91. The number of aromatic hydroxyl groups is 2. The van der Waals surface area contributed by atoms with Crippen molar-refractivity contribution < 1.29 is 29.6 Å². The fraction of sp³-hybridized carbons (Fsp3) is 0. The molecule has 42 heavy (non-hydrogen) atoms. The number of nitro groups is 2. The molecule has 0 aliphatic carbocycles. The van der Waals surface area contributed by atoms with Crippen LogP contribution < -0.4 is 21.3 Å². The van der Waals surface area contributed by atoms with Gasteiger partial charge in [-0.1, -0.05) is 44.0 Å². The zero-order valence-electron chi connectivity index (χ0n) is 21.1. The molecule has 4 aromatic carbocycles. The van der Waals surface area contributed by atoms with Crippen molar-refractivity contribution in [3.63, 3.8) is 0 Å². The van der Waals surface area contributed by atoms with Crippen molar-refractivity contribution >= 4 is 78.0 Å². The van der Waals surface area contributed by atoms with Crippen LogP contribution in [-0.2, 0) is 0 Å². The number of non-ortho nitro benzene ring substituents is 2. The Hall–Kier alpha value is -5.22. The molecule has 14 nitrogen and oxygen atoms in total. The number of urea groups is 2. The number of halogens is 2. The maximum absolute atomic E-state index is 11.8. The smallest absolute Gasteiger partial charge is 0.324 e. The van der Waals surface area contributed by atoms with Crippen LogP contribution in [0.1, 0.15) is 0 Å². The van der Waals surface area contributed by atoms with Crippen molar-refractivity contribution in [3.05, 3.63) is 114 Å². The first-order valence-electron chi connectivity index (χ1n) is 11.5. The molecule has 4 rings (SSSR count). The summed E-state index contributed by atoms with van der Waals surface area (Å²) >= 11 is 6.55. The maximum atomic E-state index is 11.8. The van der Waals surface area contributed by atoms with Gasteiger partial charge in [0.15, 0.2) is 0 Å². The van der Waals surface area contributed by atoms with Gasteiger partial charge in [0.1, 0.15) is 11.5 Å². The molecular formula is C26H20Br2N6O8. The Morgan fingerprint density at radius 3 is 1.86 bits per heavy atom. The molecule has 0 fully saturated rings. The van der Waals surface area contributed by atoms with Crippen LogP contribution >= 0.6 is 31.9 Å². The van der Waals surface area contributed by atoms with Crippen LogP contribution in [0.3, 0.4) is 0 Å². The number of primary amides is 1. The minimum atomic E-state index is -0.822. The number of carbonyl (C=O) groups is 2. The Labute approximate surface area is 253 Å². The van der Waals surface area contributed by atoms with Crippen molar-refractivity contribution in [3.8, 4) is 11.5 Å². The lowest BCUT2D eigenvalue weighted by atomic mass is 10.2. The van der Waals surface area contributed by atoms with E-state index in [1.807, 2.05) is 6.07 Å². The number of phenolic OH excluding ortho intramolecular Hbond substituents is 2. The molecule has 0 saturated heterocycles. The Morgan fingerprint density at radius 1 is 0.762 bits per heavy atom. The van der Waals surface area contributed by atoms with Crippen LogP contribution in [0.2, 0.25) is 0 Å². The van der Waals surface area contributed by atoms with Crippen LogP contribution in [0, 0.1) is 20.2 Å². The Balaban J connectivity index is 0.000000230. The number of benzene rings is 4. The lowest BCUT2D eigenvalue weighted by Crippen LogP contribution is -2.31. The number of nitrogens with two attached hydrogens (primary N) is 1. The number of nitrogens with zero attached hydrogens (tertiary/aromatic N) is 3. The average molecular weight is 704 g/mol. The molecule has 6 N–H and O–H groups in total. The van der Waals surface area contributed by atoms with Crippen molar-refractivity contribution in [1.82, 2.24) is 0 Å². The third kappa shape index (κ3) is 8.39. The third-order valence-corrected chi connectivity index (χ3v) is 6.21. The molecule has 0 saturated carbocycles. The lowest BCUT2D eigenvalue weighted by molar-refractivity contribution is -0.385. The first-order chi connectivity index (χ1) is 19.8. The molecule has 216 valence electrons. The first kappa shape index (κ1) is 31.3. The van der Waals surface area contributed by atoms with Gasteiger partial charge in [0, 0.05) is 26.8 Å². The third-order valence-electron chi connectivity index (χ3n) is 5.22. The molecule has 0 radical (unpaired) electrons. The van der Waals surface area contributed by atoms with Crippen LogP contribution in [0.25, 0.3) is 0 Å². The Bertz CT molecular complexity index is 1670. The number of phenols is 2. The van der Waals surface area contributed by atoms with E-state index in [4.69, 9.17) is 5.73 Å². The van der Waals surface area contributed by atoms with Crippen molar-refractivity contribution in [1.29, 1.82) is 0 Å². The number of hydrogen-bond donors (Lipinski definition) is 5. The van der Waals surface area contributed by atoms with E-state index >= 15 is 0 Å². The number of nitro benzene ring substituents is 2. The highest BCUT2D eigenvalue weighted by atomic mass is 79.9. The summed E-state index contributed by atoms with van der Waals surface area (Å²) in [5.41, 5.74) is 5.92.